The zero-order chi connectivity index (χ0) is 12.5. The highest BCUT2D eigenvalue weighted by atomic mass is 19.4. The number of pyridine rings is 1. The third kappa shape index (κ3) is 2.21. The summed E-state index contributed by atoms with van der Waals surface area (Å²) < 4.78 is 61.7. The van der Waals surface area contributed by atoms with Gasteiger partial charge in [-0.05, 0) is 0 Å². The van der Waals surface area contributed by atoms with E-state index in [1.54, 1.807) is 0 Å². The van der Waals surface area contributed by atoms with Crippen LogP contribution in [0.3, 0.4) is 0 Å². The molecule has 0 aliphatic heterocycles. The Labute approximate surface area is 86.1 Å². The molecule has 0 saturated heterocycles. The van der Waals surface area contributed by atoms with Gasteiger partial charge >= 0.3 is 6.18 Å². The Balaban J connectivity index is 3.54. The lowest BCUT2D eigenvalue weighted by molar-refractivity contribution is -0.139. The van der Waals surface area contributed by atoms with Crippen LogP contribution in [0.4, 0.5) is 22.0 Å². The largest absolute Gasteiger partial charge is 0.421 e. The second-order valence-corrected chi connectivity index (χ2v) is 2.93. The molecular formula is C8H7F5N2O. The molecule has 8 heteroatoms. The van der Waals surface area contributed by atoms with E-state index in [-0.39, 0.29) is 0 Å². The Hall–Kier alpha value is -1.44. The minimum Gasteiger partial charge on any atom is -0.363 e. The van der Waals surface area contributed by atoms with Crippen LogP contribution in [0.15, 0.2) is 11.0 Å². The standard InChI is InChI=1S/C8H7F5N2O/c9-7(10)3-2-15-4(1-14)5(6(3)16)8(11,12)13/h2,7H,1,14H2,(H,15,16). The fourth-order valence-electron chi connectivity index (χ4n) is 1.21. The minimum atomic E-state index is -5.01. The van der Waals surface area contributed by atoms with Crippen molar-refractivity contribution in [2.45, 2.75) is 19.1 Å². The van der Waals surface area contributed by atoms with Crippen LogP contribution in [-0.2, 0) is 12.7 Å². The van der Waals surface area contributed by atoms with Gasteiger partial charge in [-0.15, -0.1) is 0 Å². The molecule has 0 bridgehead atoms. The monoisotopic (exact) mass is 242 g/mol. The van der Waals surface area contributed by atoms with Crippen LogP contribution in [0, 0.1) is 0 Å². The van der Waals surface area contributed by atoms with E-state index in [0.717, 1.165) is 0 Å². The van der Waals surface area contributed by atoms with Crippen LogP contribution in [0.5, 0.6) is 0 Å². The summed E-state index contributed by atoms with van der Waals surface area (Å²) in [6.45, 7) is -0.590. The summed E-state index contributed by atoms with van der Waals surface area (Å²) in [5.41, 5.74) is -0.237. The molecule has 0 atom stereocenters. The van der Waals surface area contributed by atoms with Crippen molar-refractivity contribution in [2.75, 3.05) is 0 Å². The number of nitrogens with one attached hydrogen (secondary N) is 1. The first kappa shape index (κ1) is 12.6. The van der Waals surface area contributed by atoms with Gasteiger partial charge in [-0.3, -0.25) is 4.79 Å². The van der Waals surface area contributed by atoms with E-state index in [1.807, 2.05) is 4.98 Å². The van der Waals surface area contributed by atoms with Gasteiger partial charge in [0.25, 0.3) is 6.43 Å². The normalized spacial score (nSPS) is 12.2. The third-order valence-electron chi connectivity index (χ3n) is 1.92. The summed E-state index contributed by atoms with van der Waals surface area (Å²) >= 11 is 0. The minimum absolute atomic E-state index is 0.546. The van der Waals surface area contributed by atoms with Crippen molar-refractivity contribution in [2.24, 2.45) is 5.73 Å². The van der Waals surface area contributed by atoms with Crippen LogP contribution in [0.25, 0.3) is 0 Å². The second kappa shape index (κ2) is 4.20. The molecule has 0 aliphatic carbocycles. The van der Waals surface area contributed by atoms with Crippen molar-refractivity contribution < 1.29 is 22.0 Å². The SMILES string of the molecule is NCc1[nH]cc(C(F)F)c(=O)c1C(F)(F)F. The van der Waals surface area contributed by atoms with E-state index < -0.39 is 41.4 Å². The van der Waals surface area contributed by atoms with Gasteiger partial charge in [-0.25, -0.2) is 8.78 Å². The molecule has 0 unspecified atom stereocenters. The molecule has 3 nitrogen and oxygen atoms in total. The summed E-state index contributed by atoms with van der Waals surface area (Å²) in [5, 5.41) is 0. The maximum Gasteiger partial charge on any atom is 0.421 e. The van der Waals surface area contributed by atoms with Gasteiger partial charge in [-0.1, -0.05) is 0 Å². The molecule has 3 N–H and O–H groups in total. The molecule has 1 aromatic rings. The van der Waals surface area contributed by atoms with E-state index >= 15 is 0 Å². The van der Waals surface area contributed by atoms with Crippen molar-refractivity contribution in [1.82, 2.24) is 4.98 Å². The van der Waals surface area contributed by atoms with E-state index in [2.05, 4.69) is 0 Å². The molecule has 0 amide bonds. The van der Waals surface area contributed by atoms with Gasteiger partial charge in [0.1, 0.15) is 5.56 Å². The molecule has 0 spiro atoms. The number of H-pyrrole nitrogens is 1. The highest BCUT2D eigenvalue weighted by Gasteiger charge is 2.38. The van der Waals surface area contributed by atoms with Crippen molar-refractivity contribution in [3.63, 3.8) is 0 Å². The number of aromatic nitrogens is 1. The van der Waals surface area contributed by atoms with Crippen LogP contribution in [-0.4, -0.2) is 4.98 Å². The lowest BCUT2D eigenvalue weighted by Gasteiger charge is -2.12. The van der Waals surface area contributed by atoms with E-state index in [4.69, 9.17) is 5.73 Å². The lowest BCUT2D eigenvalue weighted by Crippen LogP contribution is -2.27. The number of halogens is 5. The Bertz CT molecular complexity index is 437. The van der Waals surface area contributed by atoms with Gasteiger partial charge in [-0.2, -0.15) is 13.2 Å². The van der Waals surface area contributed by atoms with Crippen LogP contribution in [0.1, 0.15) is 23.2 Å². The van der Waals surface area contributed by atoms with Gasteiger partial charge < -0.3 is 10.7 Å². The Morgan fingerprint density at radius 2 is 1.94 bits per heavy atom. The maximum absolute atomic E-state index is 12.4. The molecule has 1 rings (SSSR count). The number of hydrogen-bond acceptors (Lipinski definition) is 2. The van der Waals surface area contributed by atoms with Gasteiger partial charge in [0.15, 0.2) is 0 Å². The summed E-state index contributed by atoms with van der Waals surface area (Å²) in [4.78, 5) is 13.1. The van der Waals surface area contributed by atoms with Crippen molar-refractivity contribution >= 4 is 0 Å². The van der Waals surface area contributed by atoms with Crippen LogP contribution in [0.2, 0.25) is 0 Å². The van der Waals surface area contributed by atoms with Crippen LogP contribution >= 0.6 is 0 Å². The molecule has 90 valence electrons. The quantitative estimate of drug-likeness (QED) is 0.777. The molecule has 0 fully saturated rings. The summed E-state index contributed by atoms with van der Waals surface area (Å²) in [6.07, 6.45) is -7.73. The molecule has 16 heavy (non-hydrogen) atoms. The summed E-state index contributed by atoms with van der Waals surface area (Å²) in [7, 11) is 0. The van der Waals surface area contributed by atoms with Gasteiger partial charge in [0.2, 0.25) is 5.43 Å². The predicted molar refractivity (Wildman–Crippen MR) is 44.9 cm³/mol. The summed E-state index contributed by atoms with van der Waals surface area (Å²) in [5.74, 6) is 0. The van der Waals surface area contributed by atoms with E-state index in [9.17, 15) is 26.7 Å². The van der Waals surface area contributed by atoms with Gasteiger partial charge in [0.05, 0.1) is 5.56 Å². The summed E-state index contributed by atoms with van der Waals surface area (Å²) in [6, 6.07) is 0. The Morgan fingerprint density at radius 3 is 2.31 bits per heavy atom. The number of aromatic amines is 1. The first-order valence-electron chi connectivity index (χ1n) is 4.09. The van der Waals surface area contributed by atoms with Crippen molar-refractivity contribution in [3.8, 4) is 0 Å². The maximum atomic E-state index is 12.4. The number of hydrogen-bond donors (Lipinski definition) is 2. The molecular weight excluding hydrogens is 235 g/mol. The zero-order valence-corrected chi connectivity index (χ0v) is 7.74. The predicted octanol–water partition coefficient (Wildman–Crippen LogP) is 1.79. The topological polar surface area (TPSA) is 58.9 Å². The average molecular weight is 242 g/mol. The van der Waals surface area contributed by atoms with Gasteiger partial charge in [0, 0.05) is 18.4 Å². The molecule has 0 radical (unpaired) electrons. The third-order valence-corrected chi connectivity index (χ3v) is 1.92. The Morgan fingerprint density at radius 1 is 1.38 bits per heavy atom. The second-order valence-electron chi connectivity index (χ2n) is 2.93. The average Bonchev–Trinajstić information content (AvgIpc) is 2.14. The first-order chi connectivity index (χ1) is 7.29. The highest BCUT2D eigenvalue weighted by molar-refractivity contribution is 5.28. The molecule has 1 aromatic heterocycles. The van der Waals surface area contributed by atoms with Crippen molar-refractivity contribution in [1.29, 1.82) is 0 Å². The van der Waals surface area contributed by atoms with E-state index in [1.165, 1.54) is 0 Å². The molecule has 0 aliphatic rings. The first-order valence-corrected chi connectivity index (χ1v) is 4.09. The van der Waals surface area contributed by atoms with Crippen molar-refractivity contribution in [3.05, 3.63) is 33.2 Å². The molecule has 0 aromatic carbocycles. The van der Waals surface area contributed by atoms with Crippen LogP contribution < -0.4 is 11.2 Å². The number of alkyl halides is 5. The zero-order valence-electron chi connectivity index (χ0n) is 7.74. The Kier molecular flexibility index (Phi) is 3.32. The molecule has 0 saturated carbocycles. The molecule has 1 heterocycles. The highest BCUT2D eigenvalue weighted by Crippen LogP contribution is 2.29. The lowest BCUT2D eigenvalue weighted by atomic mass is 10.1. The smallest absolute Gasteiger partial charge is 0.363 e. The fraction of sp³-hybridized carbons (Fsp3) is 0.375. The van der Waals surface area contributed by atoms with E-state index in [0.29, 0.717) is 6.20 Å². The fourth-order valence-corrected chi connectivity index (χ4v) is 1.21. The number of rotatable bonds is 2. The number of nitrogens with two attached hydrogens (primary N) is 1.